The van der Waals surface area contributed by atoms with E-state index in [1.54, 1.807) is 6.07 Å². The van der Waals surface area contributed by atoms with Crippen LogP contribution in [0.4, 0.5) is 4.39 Å². The molecule has 1 aliphatic rings. The standard InChI is InChI=1S/C14H18FN3O2S/c1-10(17)11-5-7-18(8-6-11)21(19,20)14-4-2-3-13(15)12(14)9-16/h2-4,10-11H,5-8,17H2,1H3. The van der Waals surface area contributed by atoms with Gasteiger partial charge in [-0.05, 0) is 37.8 Å². The average molecular weight is 311 g/mol. The summed E-state index contributed by atoms with van der Waals surface area (Å²) in [7, 11) is -3.85. The lowest BCUT2D eigenvalue weighted by molar-refractivity contribution is 0.250. The molecule has 0 aromatic heterocycles. The lowest BCUT2D eigenvalue weighted by Gasteiger charge is -2.33. The third-order valence-corrected chi connectivity index (χ3v) is 5.89. The van der Waals surface area contributed by atoms with Crippen LogP contribution in [-0.4, -0.2) is 31.9 Å². The molecule has 1 unspecified atom stereocenters. The second kappa shape index (κ2) is 6.10. The monoisotopic (exact) mass is 311 g/mol. The first-order valence-corrected chi connectivity index (χ1v) is 8.26. The summed E-state index contributed by atoms with van der Waals surface area (Å²) in [5, 5.41) is 8.99. The van der Waals surface area contributed by atoms with Crippen LogP contribution in [0.15, 0.2) is 23.1 Å². The topological polar surface area (TPSA) is 87.2 Å². The van der Waals surface area contributed by atoms with Gasteiger partial charge in [0.05, 0.1) is 0 Å². The fourth-order valence-electron chi connectivity index (χ4n) is 2.61. The van der Waals surface area contributed by atoms with Crippen molar-refractivity contribution in [2.24, 2.45) is 11.7 Å². The number of nitrogens with zero attached hydrogens (tertiary/aromatic N) is 2. The van der Waals surface area contributed by atoms with Crippen LogP contribution in [0.5, 0.6) is 0 Å². The van der Waals surface area contributed by atoms with Crippen LogP contribution in [0.3, 0.4) is 0 Å². The Balaban J connectivity index is 2.29. The van der Waals surface area contributed by atoms with Crippen molar-refractivity contribution in [3.63, 3.8) is 0 Å². The van der Waals surface area contributed by atoms with Gasteiger partial charge in [0, 0.05) is 19.1 Å². The number of piperidine rings is 1. The molecule has 1 atom stereocenters. The highest BCUT2D eigenvalue weighted by Crippen LogP contribution is 2.27. The van der Waals surface area contributed by atoms with Crippen molar-refractivity contribution in [1.82, 2.24) is 4.31 Å². The molecule has 1 aromatic rings. The predicted octanol–water partition coefficient (Wildman–Crippen LogP) is 1.45. The summed E-state index contributed by atoms with van der Waals surface area (Å²) >= 11 is 0. The molecule has 0 saturated carbocycles. The van der Waals surface area contributed by atoms with Crippen molar-refractivity contribution in [3.8, 4) is 6.07 Å². The number of rotatable bonds is 3. The van der Waals surface area contributed by atoms with Gasteiger partial charge in [0.1, 0.15) is 22.3 Å². The molecule has 1 saturated heterocycles. The minimum Gasteiger partial charge on any atom is -0.328 e. The maximum Gasteiger partial charge on any atom is 0.244 e. The number of sulfonamides is 1. The van der Waals surface area contributed by atoms with Gasteiger partial charge in [0.15, 0.2) is 0 Å². The summed E-state index contributed by atoms with van der Waals surface area (Å²) in [5.41, 5.74) is 5.41. The fraction of sp³-hybridized carbons (Fsp3) is 0.500. The largest absolute Gasteiger partial charge is 0.328 e. The van der Waals surface area contributed by atoms with E-state index in [9.17, 15) is 12.8 Å². The summed E-state index contributed by atoms with van der Waals surface area (Å²) in [6.45, 7) is 2.60. The van der Waals surface area contributed by atoms with E-state index in [0.29, 0.717) is 31.8 Å². The molecule has 0 amide bonds. The Hall–Kier alpha value is -1.49. The molecule has 5 nitrogen and oxygen atoms in total. The Morgan fingerprint density at radius 3 is 2.57 bits per heavy atom. The van der Waals surface area contributed by atoms with Gasteiger partial charge in [-0.3, -0.25) is 0 Å². The van der Waals surface area contributed by atoms with Crippen LogP contribution in [0, 0.1) is 23.1 Å². The quantitative estimate of drug-likeness (QED) is 0.915. The highest BCUT2D eigenvalue weighted by Gasteiger charge is 2.32. The molecule has 7 heteroatoms. The minimum absolute atomic E-state index is 0.0266. The zero-order valence-corrected chi connectivity index (χ0v) is 12.6. The van der Waals surface area contributed by atoms with Crippen molar-refractivity contribution < 1.29 is 12.8 Å². The van der Waals surface area contributed by atoms with Crippen molar-refractivity contribution in [2.75, 3.05) is 13.1 Å². The molecule has 1 aliphatic heterocycles. The van der Waals surface area contributed by atoms with Crippen LogP contribution < -0.4 is 5.73 Å². The summed E-state index contributed by atoms with van der Waals surface area (Å²) < 4.78 is 40.0. The maximum absolute atomic E-state index is 13.6. The van der Waals surface area contributed by atoms with Gasteiger partial charge in [0.2, 0.25) is 10.0 Å². The van der Waals surface area contributed by atoms with Gasteiger partial charge in [-0.2, -0.15) is 9.57 Å². The molecule has 0 spiro atoms. The minimum atomic E-state index is -3.85. The zero-order chi connectivity index (χ0) is 15.6. The molecule has 1 fully saturated rings. The van der Waals surface area contributed by atoms with Crippen molar-refractivity contribution >= 4 is 10.0 Å². The Labute approximate surface area is 124 Å². The van der Waals surface area contributed by atoms with E-state index in [-0.39, 0.29) is 10.9 Å². The second-order valence-electron chi connectivity index (χ2n) is 5.33. The molecule has 0 bridgehead atoms. The first-order chi connectivity index (χ1) is 9.87. The highest BCUT2D eigenvalue weighted by molar-refractivity contribution is 7.89. The molecule has 114 valence electrons. The van der Waals surface area contributed by atoms with Gasteiger partial charge >= 0.3 is 0 Å². The number of hydrogen-bond donors (Lipinski definition) is 1. The molecule has 0 aliphatic carbocycles. The summed E-state index contributed by atoms with van der Waals surface area (Å²) in [6, 6.07) is 5.32. The molecular weight excluding hydrogens is 293 g/mol. The third-order valence-electron chi connectivity index (χ3n) is 3.95. The SMILES string of the molecule is CC(N)C1CCN(S(=O)(=O)c2cccc(F)c2C#N)CC1. The van der Waals surface area contributed by atoms with Gasteiger partial charge in [0.25, 0.3) is 0 Å². The van der Waals surface area contributed by atoms with Crippen molar-refractivity contribution in [1.29, 1.82) is 5.26 Å². The summed E-state index contributed by atoms with van der Waals surface area (Å²) in [4.78, 5) is -0.260. The Kier molecular flexibility index (Phi) is 4.61. The van der Waals surface area contributed by atoms with E-state index >= 15 is 0 Å². The van der Waals surface area contributed by atoms with E-state index in [0.717, 1.165) is 6.07 Å². The predicted molar refractivity (Wildman–Crippen MR) is 76.2 cm³/mol. The maximum atomic E-state index is 13.6. The molecule has 1 heterocycles. The van der Waals surface area contributed by atoms with E-state index in [4.69, 9.17) is 11.0 Å². The number of nitrogens with two attached hydrogens (primary N) is 1. The highest BCUT2D eigenvalue weighted by atomic mass is 32.2. The molecule has 2 N–H and O–H groups in total. The summed E-state index contributed by atoms with van der Waals surface area (Å²) in [6.07, 6.45) is 1.35. The first kappa shape index (κ1) is 15.9. The number of benzene rings is 1. The van der Waals surface area contributed by atoms with Crippen LogP contribution >= 0.6 is 0 Å². The summed E-state index contributed by atoms with van der Waals surface area (Å²) in [5.74, 6) is -0.525. The average Bonchev–Trinajstić information content (AvgIpc) is 2.47. The molecule has 1 aromatic carbocycles. The Bertz CT molecular complexity index is 659. The van der Waals surface area contributed by atoms with E-state index < -0.39 is 21.4 Å². The second-order valence-corrected chi connectivity index (χ2v) is 7.23. The van der Waals surface area contributed by atoms with E-state index in [1.165, 1.54) is 16.4 Å². The smallest absolute Gasteiger partial charge is 0.244 e. The number of halogens is 1. The van der Waals surface area contributed by atoms with E-state index in [1.807, 2.05) is 6.92 Å². The Morgan fingerprint density at radius 1 is 1.43 bits per heavy atom. The zero-order valence-electron chi connectivity index (χ0n) is 11.8. The van der Waals surface area contributed by atoms with Gasteiger partial charge in [-0.15, -0.1) is 0 Å². The normalized spacial score (nSPS) is 19.1. The molecule has 2 rings (SSSR count). The van der Waals surface area contributed by atoms with Gasteiger partial charge in [-0.1, -0.05) is 6.07 Å². The van der Waals surface area contributed by atoms with Crippen molar-refractivity contribution in [3.05, 3.63) is 29.6 Å². The number of hydrogen-bond acceptors (Lipinski definition) is 4. The van der Waals surface area contributed by atoms with Crippen LogP contribution in [0.2, 0.25) is 0 Å². The Morgan fingerprint density at radius 2 is 2.05 bits per heavy atom. The molecule has 21 heavy (non-hydrogen) atoms. The first-order valence-electron chi connectivity index (χ1n) is 6.82. The number of nitriles is 1. The molecule has 0 radical (unpaired) electrons. The van der Waals surface area contributed by atoms with Crippen LogP contribution in [0.1, 0.15) is 25.3 Å². The lowest BCUT2D eigenvalue weighted by Crippen LogP contribution is -2.42. The fourth-order valence-corrected chi connectivity index (χ4v) is 4.23. The van der Waals surface area contributed by atoms with Crippen LogP contribution in [-0.2, 0) is 10.0 Å². The van der Waals surface area contributed by atoms with Crippen molar-refractivity contribution in [2.45, 2.75) is 30.7 Å². The molecular formula is C14H18FN3O2S. The van der Waals surface area contributed by atoms with Gasteiger partial charge in [-0.25, -0.2) is 12.8 Å². The van der Waals surface area contributed by atoms with Gasteiger partial charge < -0.3 is 5.73 Å². The van der Waals surface area contributed by atoms with E-state index in [2.05, 4.69) is 0 Å². The third kappa shape index (κ3) is 3.07. The lowest BCUT2D eigenvalue weighted by atomic mass is 9.92. The van der Waals surface area contributed by atoms with Crippen LogP contribution in [0.25, 0.3) is 0 Å².